The molecule has 2 atom stereocenters. The Kier molecular flexibility index (Phi) is 6.53. The summed E-state index contributed by atoms with van der Waals surface area (Å²) in [4.78, 5) is 40.8. The summed E-state index contributed by atoms with van der Waals surface area (Å²) in [5, 5.41) is 2.89. The molecule has 1 saturated heterocycles. The van der Waals surface area contributed by atoms with E-state index in [0.29, 0.717) is 30.9 Å². The Morgan fingerprint density at radius 1 is 1.23 bits per heavy atom. The number of hydrogen-bond donors (Lipinski definition) is 1. The normalized spacial score (nSPS) is 23.5. The van der Waals surface area contributed by atoms with Gasteiger partial charge < -0.3 is 19.7 Å². The van der Waals surface area contributed by atoms with Crippen molar-refractivity contribution in [3.63, 3.8) is 0 Å². The van der Waals surface area contributed by atoms with E-state index < -0.39 is 11.6 Å². The van der Waals surface area contributed by atoms with Crippen molar-refractivity contribution in [2.45, 2.75) is 44.6 Å². The predicted molar refractivity (Wildman–Crippen MR) is 111 cm³/mol. The molecule has 0 bridgehead atoms. The van der Waals surface area contributed by atoms with Gasteiger partial charge in [-0.3, -0.25) is 14.5 Å². The van der Waals surface area contributed by atoms with E-state index in [9.17, 15) is 14.4 Å². The third kappa shape index (κ3) is 4.08. The summed E-state index contributed by atoms with van der Waals surface area (Å²) in [6.45, 7) is 2.22. The average Bonchev–Trinajstić information content (AvgIpc) is 2.98. The van der Waals surface area contributed by atoms with Crippen LogP contribution in [0.2, 0.25) is 0 Å². The van der Waals surface area contributed by atoms with E-state index in [1.54, 1.807) is 26.2 Å². The zero-order valence-electron chi connectivity index (χ0n) is 18.2. The van der Waals surface area contributed by atoms with Crippen molar-refractivity contribution in [3.8, 4) is 11.5 Å². The van der Waals surface area contributed by atoms with E-state index in [1.807, 2.05) is 25.1 Å². The first kappa shape index (κ1) is 21.9. The van der Waals surface area contributed by atoms with E-state index in [0.717, 1.165) is 29.7 Å². The van der Waals surface area contributed by atoms with Crippen molar-refractivity contribution in [2.75, 3.05) is 34.4 Å². The van der Waals surface area contributed by atoms with Crippen molar-refractivity contribution in [1.82, 2.24) is 15.1 Å². The molecule has 0 aromatic heterocycles. The van der Waals surface area contributed by atoms with Gasteiger partial charge >= 0.3 is 6.03 Å². The number of carbonyl (C=O) groups excluding carboxylic acids is 3. The number of ether oxygens (including phenoxy) is 2. The molecule has 164 valence electrons. The molecule has 1 saturated carbocycles. The van der Waals surface area contributed by atoms with Gasteiger partial charge in [-0.25, -0.2) is 4.79 Å². The third-order valence-electron chi connectivity index (χ3n) is 6.40. The number of amides is 4. The van der Waals surface area contributed by atoms with Gasteiger partial charge in [-0.05, 0) is 42.9 Å². The molecule has 1 spiro atoms. The van der Waals surface area contributed by atoms with Crippen LogP contribution < -0.4 is 14.8 Å². The minimum atomic E-state index is -0.839. The summed E-state index contributed by atoms with van der Waals surface area (Å²) in [5.41, 5.74) is 0.158. The molecule has 8 heteroatoms. The van der Waals surface area contributed by atoms with E-state index in [4.69, 9.17) is 9.47 Å². The van der Waals surface area contributed by atoms with Gasteiger partial charge in [0.15, 0.2) is 11.5 Å². The SMILES string of the molecule is COc1ccc(CCN(C)C(=O)CN2C(=O)N[C@@]3(CCCC[C@@H]3C)C2=O)cc1OC. The maximum Gasteiger partial charge on any atom is 0.325 e. The number of imide groups is 1. The maximum absolute atomic E-state index is 13.0. The zero-order valence-corrected chi connectivity index (χ0v) is 18.2. The number of rotatable bonds is 7. The Hall–Kier alpha value is -2.77. The number of urea groups is 1. The van der Waals surface area contributed by atoms with Crippen molar-refractivity contribution >= 4 is 17.8 Å². The minimum Gasteiger partial charge on any atom is -0.493 e. The van der Waals surface area contributed by atoms with Gasteiger partial charge in [-0.2, -0.15) is 0 Å². The molecule has 0 unspecified atom stereocenters. The van der Waals surface area contributed by atoms with Gasteiger partial charge in [0.25, 0.3) is 5.91 Å². The number of carbonyl (C=O) groups is 3. The van der Waals surface area contributed by atoms with Gasteiger partial charge in [-0.15, -0.1) is 0 Å². The lowest BCUT2D eigenvalue weighted by Gasteiger charge is -2.36. The number of nitrogens with zero attached hydrogens (tertiary/aromatic N) is 2. The molecule has 4 amide bonds. The fraction of sp³-hybridized carbons (Fsp3) is 0.591. The fourth-order valence-electron chi connectivity index (χ4n) is 4.35. The number of methoxy groups -OCH3 is 2. The van der Waals surface area contributed by atoms with Crippen molar-refractivity contribution in [1.29, 1.82) is 0 Å². The first-order valence-corrected chi connectivity index (χ1v) is 10.4. The number of hydrogen-bond acceptors (Lipinski definition) is 5. The van der Waals surface area contributed by atoms with Crippen LogP contribution in [-0.2, 0) is 16.0 Å². The lowest BCUT2D eigenvalue weighted by molar-refractivity contribution is -0.140. The summed E-state index contributed by atoms with van der Waals surface area (Å²) < 4.78 is 10.6. The molecule has 1 heterocycles. The zero-order chi connectivity index (χ0) is 21.9. The second kappa shape index (κ2) is 8.93. The highest BCUT2D eigenvalue weighted by molar-refractivity contribution is 6.09. The Balaban J connectivity index is 1.59. The standard InChI is InChI=1S/C22H31N3O5/c1-15-7-5-6-11-22(15)20(27)25(21(28)23-22)14-19(26)24(2)12-10-16-8-9-17(29-3)18(13-16)30-4/h8-9,13,15H,5-7,10-12,14H2,1-4H3,(H,23,28)/t15-,22+/m0/s1. The second-order valence-corrected chi connectivity index (χ2v) is 8.19. The molecule has 1 aromatic rings. The van der Waals surface area contributed by atoms with E-state index >= 15 is 0 Å². The highest BCUT2D eigenvalue weighted by Crippen LogP contribution is 2.38. The van der Waals surface area contributed by atoms with Gasteiger partial charge in [0.1, 0.15) is 12.1 Å². The van der Waals surface area contributed by atoms with Gasteiger partial charge in [0, 0.05) is 13.6 Å². The van der Waals surface area contributed by atoms with Gasteiger partial charge in [0.2, 0.25) is 5.91 Å². The second-order valence-electron chi connectivity index (χ2n) is 8.19. The highest BCUT2D eigenvalue weighted by Gasteiger charge is 2.55. The van der Waals surface area contributed by atoms with Crippen LogP contribution in [0.5, 0.6) is 11.5 Å². The number of nitrogens with one attached hydrogen (secondary N) is 1. The molecule has 30 heavy (non-hydrogen) atoms. The quantitative estimate of drug-likeness (QED) is 0.687. The first-order valence-electron chi connectivity index (χ1n) is 10.4. The van der Waals surface area contributed by atoms with Gasteiger partial charge in [0.05, 0.1) is 14.2 Å². The van der Waals surface area contributed by atoms with Crippen molar-refractivity contribution < 1.29 is 23.9 Å². The summed E-state index contributed by atoms with van der Waals surface area (Å²) in [6.07, 6.45) is 4.12. The minimum absolute atomic E-state index is 0.0746. The lowest BCUT2D eigenvalue weighted by Crippen LogP contribution is -2.54. The van der Waals surface area contributed by atoms with E-state index in [-0.39, 0.29) is 24.3 Å². The van der Waals surface area contributed by atoms with Crippen LogP contribution in [0.1, 0.15) is 38.2 Å². The molecule has 1 aromatic carbocycles. The molecule has 0 radical (unpaired) electrons. The maximum atomic E-state index is 13.0. The van der Waals surface area contributed by atoms with Crippen LogP contribution in [0.4, 0.5) is 4.79 Å². The third-order valence-corrected chi connectivity index (χ3v) is 6.40. The summed E-state index contributed by atoms with van der Waals surface area (Å²) in [5.74, 6) is 0.830. The molecule has 2 aliphatic rings. The summed E-state index contributed by atoms with van der Waals surface area (Å²) in [6, 6.07) is 5.16. The van der Waals surface area contributed by atoms with Crippen LogP contribution >= 0.6 is 0 Å². The molecule has 8 nitrogen and oxygen atoms in total. The average molecular weight is 418 g/mol. The van der Waals surface area contributed by atoms with Crippen molar-refractivity contribution in [3.05, 3.63) is 23.8 Å². The van der Waals surface area contributed by atoms with E-state index in [2.05, 4.69) is 5.32 Å². The molecular weight excluding hydrogens is 386 g/mol. The van der Waals surface area contributed by atoms with Crippen molar-refractivity contribution in [2.24, 2.45) is 5.92 Å². The van der Waals surface area contributed by atoms with Crippen LogP contribution in [0.3, 0.4) is 0 Å². The lowest BCUT2D eigenvalue weighted by atomic mass is 9.73. The smallest absolute Gasteiger partial charge is 0.325 e. The Morgan fingerprint density at radius 2 is 1.97 bits per heavy atom. The predicted octanol–water partition coefficient (Wildman–Crippen LogP) is 2.21. The number of likely N-dealkylation sites (N-methyl/N-ethyl adjacent to an activating group) is 1. The topological polar surface area (TPSA) is 88.2 Å². The molecule has 1 aliphatic carbocycles. The highest BCUT2D eigenvalue weighted by atomic mass is 16.5. The summed E-state index contributed by atoms with van der Waals surface area (Å²) in [7, 11) is 4.84. The Labute approximate surface area is 177 Å². The number of benzene rings is 1. The Bertz CT molecular complexity index is 827. The van der Waals surface area contributed by atoms with Crippen LogP contribution in [0.25, 0.3) is 0 Å². The first-order chi connectivity index (χ1) is 14.3. The molecule has 2 fully saturated rings. The van der Waals surface area contributed by atoms with Crippen LogP contribution in [0, 0.1) is 5.92 Å². The van der Waals surface area contributed by atoms with Crippen LogP contribution in [0.15, 0.2) is 18.2 Å². The molecule has 1 aliphatic heterocycles. The largest absolute Gasteiger partial charge is 0.493 e. The van der Waals surface area contributed by atoms with Crippen LogP contribution in [-0.4, -0.2) is 67.5 Å². The fourth-order valence-corrected chi connectivity index (χ4v) is 4.35. The van der Waals surface area contributed by atoms with E-state index in [1.165, 1.54) is 0 Å². The van der Waals surface area contributed by atoms with Gasteiger partial charge in [-0.1, -0.05) is 25.8 Å². The summed E-state index contributed by atoms with van der Waals surface area (Å²) >= 11 is 0. The molecule has 1 N–H and O–H groups in total. The Morgan fingerprint density at radius 3 is 2.63 bits per heavy atom. The molecular formula is C22H31N3O5. The monoisotopic (exact) mass is 417 g/mol. The molecule has 3 rings (SSSR count).